The number of nitriles is 1. The maximum absolute atomic E-state index is 11.7. The van der Waals surface area contributed by atoms with Gasteiger partial charge in [0.05, 0.1) is 25.0 Å². The molecule has 0 aromatic carbocycles. The van der Waals surface area contributed by atoms with Crippen molar-refractivity contribution in [3.8, 4) is 6.07 Å². The van der Waals surface area contributed by atoms with Crippen molar-refractivity contribution in [2.75, 3.05) is 0 Å². The summed E-state index contributed by atoms with van der Waals surface area (Å²) in [4.78, 5) is 11.7. The van der Waals surface area contributed by atoms with E-state index in [-0.39, 0.29) is 24.9 Å². The number of carbonyl (C=O) groups is 1. The minimum absolute atomic E-state index is 0.104. The Balaban J connectivity index is 2.60. The lowest BCUT2D eigenvalue weighted by Gasteiger charge is -2.21. The van der Waals surface area contributed by atoms with Crippen LogP contribution in [0.1, 0.15) is 47.5 Å². The molecule has 1 rings (SSSR count). The minimum atomic E-state index is -0.756. The van der Waals surface area contributed by atoms with Gasteiger partial charge in [0.25, 0.3) is 0 Å². The van der Waals surface area contributed by atoms with Crippen LogP contribution < -0.4 is 0 Å². The van der Waals surface area contributed by atoms with E-state index < -0.39 is 17.5 Å². The molecule has 0 spiro atoms. The van der Waals surface area contributed by atoms with Crippen molar-refractivity contribution in [1.82, 2.24) is 0 Å². The standard InChI is InChI=1S/C13H21NO4/c1-12(2,3)18-11(15)8-10-9(6-7-14)16-13(4,5)17-10/h9-10H,6,8H2,1-5H3. The average molecular weight is 255 g/mol. The number of esters is 1. The van der Waals surface area contributed by atoms with Crippen molar-refractivity contribution in [1.29, 1.82) is 5.26 Å². The zero-order chi connectivity index (χ0) is 14.0. The Kier molecular flexibility index (Phi) is 4.36. The molecule has 2 unspecified atom stereocenters. The van der Waals surface area contributed by atoms with Gasteiger partial charge in [0.15, 0.2) is 5.79 Å². The molecule has 18 heavy (non-hydrogen) atoms. The van der Waals surface area contributed by atoms with Crippen molar-refractivity contribution in [3.05, 3.63) is 0 Å². The third-order valence-corrected chi connectivity index (χ3v) is 2.37. The maximum Gasteiger partial charge on any atom is 0.309 e. The van der Waals surface area contributed by atoms with Crippen molar-refractivity contribution in [3.63, 3.8) is 0 Å². The number of hydrogen-bond acceptors (Lipinski definition) is 5. The highest BCUT2D eigenvalue weighted by Crippen LogP contribution is 2.31. The number of hydrogen-bond donors (Lipinski definition) is 0. The predicted molar refractivity (Wildman–Crippen MR) is 64.5 cm³/mol. The number of carbonyl (C=O) groups excluding carboxylic acids is 1. The molecule has 0 radical (unpaired) electrons. The fourth-order valence-electron chi connectivity index (χ4n) is 1.89. The van der Waals surface area contributed by atoms with Crippen molar-refractivity contribution in [2.45, 2.75) is 71.1 Å². The highest BCUT2D eigenvalue weighted by Gasteiger charge is 2.42. The van der Waals surface area contributed by atoms with Gasteiger partial charge in [0.2, 0.25) is 0 Å². The topological polar surface area (TPSA) is 68.6 Å². The lowest BCUT2D eigenvalue weighted by molar-refractivity contribution is -0.162. The molecule has 0 bridgehead atoms. The van der Waals surface area contributed by atoms with E-state index in [9.17, 15) is 4.79 Å². The molecule has 1 heterocycles. The Morgan fingerprint density at radius 1 is 1.33 bits per heavy atom. The van der Waals surface area contributed by atoms with Gasteiger partial charge < -0.3 is 14.2 Å². The Hall–Kier alpha value is -1.12. The maximum atomic E-state index is 11.7. The van der Waals surface area contributed by atoms with Crippen LogP contribution in [0.5, 0.6) is 0 Å². The van der Waals surface area contributed by atoms with Crippen LogP contribution in [-0.2, 0) is 19.0 Å². The Bertz CT molecular complexity index is 351. The molecule has 102 valence electrons. The van der Waals surface area contributed by atoms with Crippen molar-refractivity contribution >= 4 is 5.97 Å². The molecule has 0 aromatic heterocycles. The van der Waals surface area contributed by atoms with Gasteiger partial charge in [-0.25, -0.2) is 0 Å². The smallest absolute Gasteiger partial charge is 0.309 e. The van der Waals surface area contributed by atoms with E-state index >= 15 is 0 Å². The van der Waals surface area contributed by atoms with Crippen LogP contribution >= 0.6 is 0 Å². The van der Waals surface area contributed by atoms with Gasteiger partial charge in [-0.05, 0) is 34.6 Å². The molecular weight excluding hydrogens is 234 g/mol. The van der Waals surface area contributed by atoms with Gasteiger partial charge in [-0.1, -0.05) is 0 Å². The summed E-state index contributed by atoms with van der Waals surface area (Å²) in [7, 11) is 0. The third kappa shape index (κ3) is 4.63. The molecule has 1 aliphatic rings. The summed E-state index contributed by atoms with van der Waals surface area (Å²) in [6, 6.07) is 2.04. The van der Waals surface area contributed by atoms with E-state index in [0.29, 0.717) is 0 Å². The summed E-state index contributed by atoms with van der Waals surface area (Å²) in [6.07, 6.45) is -0.490. The number of rotatable bonds is 3. The number of ether oxygens (including phenoxy) is 3. The molecule has 0 saturated carbocycles. The first kappa shape index (κ1) is 14.9. The summed E-state index contributed by atoms with van der Waals surface area (Å²) in [6.45, 7) is 8.98. The summed E-state index contributed by atoms with van der Waals surface area (Å²) in [5.41, 5.74) is -0.517. The van der Waals surface area contributed by atoms with E-state index in [1.165, 1.54) is 0 Å². The molecule has 0 N–H and O–H groups in total. The molecule has 5 heteroatoms. The third-order valence-electron chi connectivity index (χ3n) is 2.37. The summed E-state index contributed by atoms with van der Waals surface area (Å²) in [5, 5.41) is 8.73. The molecule has 1 aliphatic heterocycles. The lowest BCUT2D eigenvalue weighted by atomic mass is 10.1. The van der Waals surface area contributed by atoms with Crippen LogP contribution in [0.4, 0.5) is 0 Å². The Labute approximate surface area is 108 Å². The minimum Gasteiger partial charge on any atom is -0.460 e. The van der Waals surface area contributed by atoms with Crippen LogP contribution in [-0.4, -0.2) is 29.6 Å². The number of nitrogens with zero attached hydrogens (tertiary/aromatic N) is 1. The van der Waals surface area contributed by atoms with Crippen LogP contribution in [0.25, 0.3) is 0 Å². The van der Waals surface area contributed by atoms with Gasteiger partial charge in [-0.15, -0.1) is 0 Å². The SMILES string of the molecule is CC(C)(C)OC(=O)CC1OC(C)(C)OC1CC#N. The largest absolute Gasteiger partial charge is 0.460 e. The highest BCUT2D eigenvalue weighted by molar-refractivity contribution is 5.70. The van der Waals surface area contributed by atoms with E-state index in [2.05, 4.69) is 0 Å². The molecule has 0 aliphatic carbocycles. The quantitative estimate of drug-likeness (QED) is 0.723. The lowest BCUT2D eigenvalue weighted by Crippen LogP contribution is -2.30. The fraction of sp³-hybridized carbons (Fsp3) is 0.846. The average Bonchev–Trinajstić information content (AvgIpc) is 2.37. The monoisotopic (exact) mass is 255 g/mol. The fourth-order valence-corrected chi connectivity index (χ4v) is 1.89. The van der Waals surface area contributed by atoms with Gasteiger partial charge >= 0.3 is 5.97 Å². The van der Waals surface area contributed by atoms with Crippen LogP contribution in [0.15, 0.2) is 0 Å². The van der Waals surface area contributed by atoms with Crippen molar-refractivity contribution in [2.24, 2.45) is 0 Å². The summed E-state index contributed by atoms with van der Waals surface area (Å²) < 4.78 is 16.4. The predicted octanol–water partition coefficient (Wildman–Crippen LogP) is 2.15. The van der Waals surface area contributed by atoms with Crippen LogP contribution in [0, 0.1) is 11.3 Å². The van der Waals surface area contributed by atoms with E-state index in [0.717, 1.165) is 0 Å². The van der Waals surface area contributed by atoms with E-state index in [1.807, 2.05) is 26.8 Å². The highest BCUT2D eigenvalue weighted by atomic mass is 16.8. The van der Waals surface area contributed by atoms with Crippen LogP contribution in [0.2, 0.25) is 0 Å². The molecule has 0 aromatic rings. The molecule has 1 fully saturated rings. The first-order valence-electron chi connectivity index (χ1n) is 6.07. The molecular formula is C13H21NO4. The zero-order valence-corrected chi connectivity index (χ0v) is 11.6. The first-order valence-corrected chi connectivity index (χ1v) is 6.07. The molecule has 5 nitrogen and oxygen atoms in total. The van der Waals surface area contributed by atoms with Gasteiger partial charge in [-0.3, -0.25) is 4.79 Å². The second-order valence-electron chi connectivity index (χ2n) is 5.87. The Morgan fingerprint density at radius 2 is 1.89 bits per heavy atom. The normalized spacial score (nSPS) is 26.7. The van der Waals surface area contributed by atoms with Gasteiger partial charge in [0, 0.05) is 0 Å². The summed E-state index contributed by atoms with van der Waals surface area (Å²) in [5.74, 6) is -1.09. The second kappa shape index (κ2) is 5.25. The summed E-state index contributed by atoms with van der Waals surface area (Å²) >= 11 is 0. The molecule has 0 amide bonds. The van der Waals surface area contributed by atoms with Crippen molar-refractivity contribution < 1.29 is 19.0 Å². The first-order chi connectivity index (χ1) is 8.13. The van der Waals surface area contributed by atoms with E-state index in [1.54, 1.807) is 13.8 Å². The zero-order valence-electron chi connectivity index (χ0n) is 11.6. The van der Waals surface area contributed by atoms with Crippen LogP contribution in [0.3, 0.4) is 0 Å². The molecule has 2 atom stereocenters. The second-order valence-corrected chi connectivity index (χ2v) is 5.87. The van der Waals surface area contributed by atoms with E-state index in [4.69, 9.17) is 19.5 Å². The molecule has 1 saturated heterocycles. The van der Waals surface area contributed by atoms with Gasteiger partial charge in [-0.2, -0.15) is 5.26 Å². The van der Waals surface area contributed by atoms with Gasteiger partial charge in [0.1, 0.15) is 11.7 Å². The Morgan fingerprint density at radius 3 is 2.39 bits per heavy atom.